The monoisotopic (exact) mass is 478 g/mol. The molecule has 0 saturated heterocycles. The highest BCUT2D eigenvalue weighted by atomic mass is 19.1. The maximum atomic E-state index is 14.6. The molecule has 0 fully saturated rings. The van der Waals surface area contributed by atoms with Crippen molar-refractivity contribution in [1.82, 2.24) is 14.9 Å². The van der Waals surface area contributed by atoms with E-state index in [1.807, 2.05) is 14.1 Å². The second-order valence-corrected chi connectivity index (χ2v) is 8.15. The zero-order valence-corrected chi connectivity index (χ0v) is 19.6. The summed E-state index contributed by atoms with van der Waals surface area (Å²) < 4.78 is 34.6. The summed E-state index contributed by atoms with van der Waals surface area (Å²) in [7, 11) is 5.35. The molecule has 4 rings (SSSR count). The van der Waals surface area contributed by atoms with Crippen molar-refractivity contribution in [1.29, 1.82) is 0 Å². The van der Waals surface area contributed by atoms with Crippen LogP contribution >= 0.6 is 0 Å². The van der Waals surface area contributed by atoms with E-state index in [0.717, 1.165) is 6.07 Å². The Labute approximate surface area is 200 Å². The third-order valence-electron chi connectivity index (χ3n) is 5.61. The van der Waals surface area contributed by atoms with E-state index in [9.17, 15) is 13.6 Å². The molecule has 2 atom stereocenters. The van der Waals surface area contributed by atoms with Crippen LogP contribution in [0.25, 0.3) is 22.1 Å². The molecule has 0 radical (unpaired) electrons. The number of nitrogens with one attached hydrogen (secondary N) is 2. The number of aromatic nitrogens is 2. The van der Waals surface area contributed by atoms with Gasteiger partial charge < -0.3 is 20.8 Å². The third kappa shape index (κ3) is 4.51. The lowest BCUT2D eigenvalue weighted by Gasteiger charge is -2.26. The van der Waals surface area contributed by atoms with Crippen LogP contribution in [-0.2, 0) is 0 Å². The molecule has 0 aliphatic heterocycles. The first-order valence-electron chi connectivity index (χ1n) is 10.8. The number of fused-ring (bicyclic) bond motifs is 1. The molecular formula is C25H24F2N6O2. The molecule has 0 spiro atoms. The van der Waals surface area contributed by atoms with Gasteiger partial charge in [0, 0.05) is 12.6 Å². The van der Waals surface area contributed by atoms with Crippen LogP contribution in [0.2, 0.25) is 0 Å². The average molecular weight is 479 g/mol. The Morgan fingerprint density at radius 1 is 1.20 bits per heavy atom. The quantitative estimate of drug-likeness (QED) is 0.344. The smallest absolute Gasteiger partial charge is 0.203 e. The van der Waals surface area contributed by atoms with E-state index in [1.165, 1.54) is 30.6 Å². The molecule has 180 valence electrons. The van der Waals surface area contributed by atoms with Gasteiger partial charge in [-0.05, 0) is 51.4 Å². The van der Waals surface area contributed by atoms with Crippen molar-refractivity contribution in [3.63, 3.8) is 0 Å². The van der Waals surface area contributed by atoms with Crippen LogP contribution < -0.4 is 21.8 Å². The number of halogens is 2. The van der Waals surface area contributed by atoms with Crippen LogP contribution in [0.5, 0.6) is 0 Å². The summed E-state index contributed by atoms with van der Waals surface area (Å²) in [5.74, 6) is -0.347. The summed E-state index contributed by atoms with van der Waals surface area (Å²) >= 11 is 0. The van der Waals surface area contributed by atoms with Crippen LogP contribution in [0, 0.1) is 23.8 Å². The van der Waals surface area contributed by atoms with Crippen molar-refractivity contribution in [3.8, 4) is 11.1 Å². The molecular weight excluding hydrogens is 454 g/mol. The largest absolute Gasteiger partial charge is 0.458 e. The third-order valence-corrected chi connectivity index (χ3v) is 5.61. The summed E-state index contributed by atoms with van der Waals surface area (Å²) in [4.78, 5) is 23.9. The van der Waals surface area contributed by atoms with Gasteiger partial charge in [0.05, 0.1) is 23.3 Å². The highest BCUT2D eigenvalue weighted by Crippen LogP contribution is 2.34. The van der Waals surface area contributed by atoms with Crippen molar-refractivity contribution >= 4 is 22.6 Å². The lowest BCUT2D eigenvalue weighted by atomic mass is 9.99. The van der Waals surface area contributed by atoms with E-state index in [2.05, 4.69) is 32.7 Å². The fraction of sp³-hybridized carbons (Fsp3) is 0.240. The Kier molecular flexibility index (Phi) is 6.64. The minimum atomic E-state index is -0.731. The fourth-order valence-corrected chi connectivity index (χ4v) is 3.85. The number of nitrogens with two attached hydrogens (primary N) is 1. The van der Waals surface area contributed by atoms with E-state index >= 15 is 0 Å². The molecule has 2 aromatic carbocycles. The molecule has 0 saturated carbocycles. The molecule has 0 aliphatic rings. The van der Waals surface area contributed by atoms with Crippen LogP contribution in [0.4, 0.5) is 20.4 Å². The van der Waals surface area contributed by atoms with Gasteiger partial charge >= 0.3 is 0 Å². The standard InChI is InChI=1S/C25H24F2N6O2/c1-13(32-25-20(23(28)33(3)4)24(29-2)30-12-31-25)22-18(14-7-5-8-15(26)11-14)21(34)19-16(27)9-6-10-17(19)35-22/h6-7,9-13,23H,28H2,1-4H3,(H2,29,30,31,32). The van der Waals surface area contributed by atoms with Gasteiger partial charge in [0.25, 0.3) is 0 Å². The van der Waals surface area contributed by atoms with Gasteiger partial charge in [-0.3, -0.25) is 9.69 Å². The topological polar surface area (TPSA) is 109 Å². The highest BCUT2D eigenvalue weighted by molar-refractivity contribution is 5.83. The molecule has 0 amide bonds. The Morgan fingerprint density at radius 3 is 2.63 bits per heavy atom. The fourth-order valence-electron chi connectivity index (χ4n) is 3.85. The molecule has 0 aliphatic carbocycles. The van der Waals surface area contributed by atoms with Gasteiger partial charge in [-0.15, -0.1) is 0 Å². The summed E-state index contributed by atoms with van der Waals surface area (Å²) in [5.41, 5.74) is 6.61. The number of anilines is 2. The number of hydrogen-bond donors (Lipinski definition) is 3. The van der Waals surface area contributed by atoms with Crippen LogP contribution in [0.1, 0.15) is 30.5 Å². The first-order valence-corrected chi connectivity index (χ1v) is 10.8. The van der Waals surface area contributed by atoms with Gasteiger partial charge in [-0.1, -0.05) is 12.1 Å². The molecule has 2 heterocycles. The summed E-state index contributed by atoms with van der Waals surface area (Å²) in [6, 6.07) is 10.8. The number of nitrogens with zero attached hydrogens (tertiary/aromatic N) is 3. The van der Waals surface area contributed by atoms with Crippen LogP contribution in [0.15, 0.2) is 45.9 Å². The summed E-state index contributed by atoms with van der Waals surface area (Å²) in [6.07, 6.45) is 0.815. The molecule has 2 unspecified atom stereocenters. The van der Waals surface area contributed by atoms with Gasteiger partial charge in [-0.2, -0.15) is 4.39 Å². The highest BCUT2D eigenvalue weighted by Gasteiger charge is 2.26. The van der Waals surface area contributed by atoms with E-state index in [-0.39, 0.29) is 27.9 Å². The maximum absolute atomic E-state index is 14.6. The lowest BCUT2D eigenvalue weighted by Crippen LogP contribution is -2.30. The van der Waals surface area contributed by atoms with Gasteiger partial charge in [0.1, 0.15) is 40.5 Å². The van der Waals surface area contributed by atoms with E-state index < -0.39 is 29.3 Å². The van der Waals surface area contributed by atoms with Crippen LogP contribution in [0.3, 0.4) is 0 Å². The zero-order valence-electron chi connectivity index (χ0n) is 19.6. The first kappa shape index (κ1) is 24.1. The van der Waals surface area contributed by atoms with Crippen molar-refractivity contribution in [2.24, 2.45) is 5.73 Å². The number of rotatable bonds is 7. The second-order valence-electron chi connectivity index (χ2n) is 8.15. The van der Waals surface area contributed by atoms with Gasteiger partial charge in [-0.25, -0.2) is 14.4 Å². The van der Waals surface area contributed by atoms with Crippen molar-refractivity contribution in [3.05, 3.63) is 82.0 Å². The van der Waals surface area contributed by atoms with E-state index in [4.69, 9.17) is 10.2 Å². The molecule has 0 bridgehead atoms. The summed E-state index contributed by atoms with van der Waals surface area (Å²) in [5, 5.41) is 6.02. The van der Waals surface area contributed by atoms with Crippen molar-refractivity contribution < 1.29 is 13.2 Å². The van der Waals surface area contributed by atoms with Gasteiger partial charge in [0.2, 0.25) is 5.43 Å². The maximum Gasteiger partial charge on any atom is 0.203 e. The number of benzene rings is 1. The SMILES string of the molecule is CNc1ncnc(NC(C)c2oc3cccc(F)c3c(=O)c2-c2cc#cc(F)c2)c1C(N)N(C)C. The average Bonchev–Trinajstić information content (AvgIpc) is 2.83. The second kappa shape index (κ2) is 9.66. The Bertz CT molecular complexity index is 1440. The molecule has 8 nitrogen and oxygen atoms in total. The Morgan fingerprint density at radius 2 is 1.94 bits per heavy atom. The normalized spacial score (nSPS) is 12.9. The first-order chi connectivity index (χ1) is 16.7. The molecule has 4 N–H and O–H groups in total. The molecule has 2 aromatic heterocycles. The lowest BCUT2D eigenvalue weighted by molar-refractivity contribution is 0.307. The van der Waals surface area contributed by atoms with Crippen molar-refractivity contribution in [2.45, 2.75) is 19.1 Å². The van der Waals surface area contributed by atoms with Crippen molar-refractivity contribution in [2.75, 3.05) is 31.8 Å². The number of hydrogen-bond acceptors (Lipinski definition) is 8. The predicted octanol–water partition coefficient (Wildman–Crippen LogP) is 3.86. The minimum Gasteiger partial charge on any atom is -0.458 e. The molecule has 10 heteroatoms. The zero-order chi connectivity index (χ0) is 25.3. The predicted molar refractivity (Wildman–Crippen MR) is 130 cm³/mol. The van der Waals surface area contributed by atoms with Crippen LogP contribution in [-0.4, -0.2) is 36.0 Å². The summed E-state index contributed by atoms with van der Waals surface area (Å²) in [6.45, 7) is 1.74. The van der Waals surface area contributed by atoms with E-state index in [0.29, 0.717) is 17.2 Å². The van der Waals surface area contributed by atoms with Gasteiger partial charge in [0.15, 0.2) is 5.82 Å². The Balaban J connectivity index is 1.91. The molecule has 4 aromatic rings. The van der Waals surface area contributed by atoms with E-state index in [1.54, 1.807) is 18.9 Å². The minimum absolute atomic E-state index is 0.00750. The Hall–Kier alpha value is -4.07. The molecule has 35 heavy (non-hydrogen) atoms.